The SMILES string of the molecule is COC(=O)[C@@](C)(C(C#N)C#N)C(F)(F)F. The van der Waals surface area contributed by atoms with E-state index in [1.54, 1.807) is 0 Å². The molecule has 0 N–H and O–H groups in total. The Kier molecular flexibility index (Phi) is 3.69. The second-order valence-electron chi connectivity index (χ2n) is 2.88. The van der Waals surface area contributed by atoms with Gasteiger partial charge in [0.25, 0.3) is 0 Å². The number of alkyl halides is 3. The molecule has 0 amide bonds. The molecule has 0 heterocycles. The number of methoxy groups -OCH3 is 1. The molecular weight excluding hydrogens is 213 g/mol. The van der Waals surface area contributed by atoms with Crippen molar-refractivity contribution in [3.8, 4) is 12.1 Å². The summed E-state index contributed by atoms with van der Waals surface area (Å²) in [7, 11) is 0.762. The Morgan fingerprint density at radius 2 is 1.73 bits per heavy atom. The number of rotatable bonds is 2. The third-order valence-corrected chi connectivity index (χ3v) is 2.03. The van der Waals surface area contributed by atoms with Crippen LogP contribution in [0.3, 0.4) is 0 Å². The fourth-order valence-electron chi connectivity index (χ4n) is 0.896. The highest BCUT2D eigenvalue weighted by Crippen LogP contribution is 2.44. The van der Waals surface area contributed by atoms with Crippen LogP contribution in [-0.2, 0) is 9.53 Å². The highest BCUT2D eigenvalue weighted by atomic mass is 19.4. The van der Waals surface area contributed by atoms with Gasteiger partial charge in [0.15, 0.2) is 11.3 Å². The van der Waals surface area contributed by atoms with Crippen LogP contribution < -0.4 is 0 Å². The number of carbonyl (C=O) groups excluding carboxylic acids is 1. The first kappa shape index (κ1) is 13.2. The molecule has 0 unspecified atom stereocenters. The Labute approximate surface area is 83.9 Å². The van der Waals surface area contributed by atoms with Gasteiger partial charge in [0, 0.05) is 0 Å². The standard InChI is InChI=1S/C8H7F3N2O2/c1-7(6(14)15-2,8(9,10)11)5(3-12)4-13/h5H,1-2H3/t7-/m1/s1. The quantitative estimate of drug-likeness (QED) is 0.659. The molecule has 4 nitrogen and oxygen atoms in total. The van der Waals surface area contributed by atoms with Crippen LogP contribution in [0.2, 0.25) is 0 Å². The molecule has 82 valence electrons. The predicted octanol–water partition coefficient (Wildman–Crippen LogP) is 1.39. The van der Waals surface area contributed by atoms with Crippen LogP contribution in [0.1, 0.15) is 6.92 Å². The first-order valence-electron chi connectivity index (χ1n) is 3.70. The Hall–Kier alpha value is -1.76. The van der Waals surface area contributed by atoms with E-state index in [1.165, 1.54) is 0 Å². The monoisotopic (exact) mass is 220 g/mol. The molecule has 0 aliphatic rings. The molecule has 0 saturated heterocycles. The predicted molar refractivity (Wildman–Crippen MR) is 40.9 cm³/mol. The zero-order valence-electron chi connectivity index (χ0n) is 7.92. The minimum absolute atomic E-state index is 0.468. The molecule has 0 aromatic heterocycles. The molecule has 0 radical (unpaired) electrons. The van der Waals surface area contributed by atoms with Crippen molar-refractivity contribution in [3.63, 3.8) is 0 Å². The molecule has 0 aliphatic heterocycles. The van der Waals surface area contributed by atoms with Gasteiger partial charge in [0.1, 0.15) is 0 Å². The third kappa shape index (κ3) is 2.01. The van der Waals surface area contributed by atoms with Crippen LogP contribution >= 0.6 is 0 Å². The number of ether oxygens (including phenoxy) is 1. The smallest absolute Gasteiger partial charge is 0.406 e. The van der Waals surface area contributed by atoms with E-state index >= 15 is 0 Å². The van der Waals surface area contributed by atoms with Gasteiger partial charge in [-0.3, -0.25) is 4.79 Å². The van der Waals surface area contributed by atoms with Crippen molar-refractivity contribution in [2.24, 2.45) is 11.3 Å². The highest BCUT2D eigenvalue weighted by molar-refractivity contribution is 5.78. The largest absolute Gasteiger partial charge is 0.468 e. The maximum atomic E-state index is 12.6. The fourth-order valence-corrected chi connectivity index (χ4v) is 0.896. The van der Waals surface area contributed by atoms with E-state index in [0.29, 0.717) is 6.92 Å². The molecule has 1 atom stereocenters. The number of esters is 1. The Bertz CT molecular complexity index is 325. The van der Waals surface area contributed by atoms with Crippen molar-refractivity contribution < 1.29 is 22.7 Å². The third-order valence-electron chi connectivity index (χ3n) is 2.03. The summed E-state index contributed by atoms with van der Waals surface area (Å²) in [4.78, 5) is 11.0. The van der Waals surface area contributed by atoms with Crippen LogP contribution in [0.5, 0.6) is 0 Å². The topological polar surface area (TPSA) is 73.9 Å². The lowest BCUT2D eigenvalue weighted by atomic mass is 9.78. The Balaban J connectivity index is 5.54. The summed E-state index contributed by atoms with van der Waals surface area (Å²) in [5.74, 6) is -3.78. The van der Waals surface area contributed by atoms with E-state index in [2.05, 4.69) is 4.74 Å². The molecule has 0 aromatic rings. The van der Waals surface area contributed by atoms with Crippen molar-refractivity contribution in [1.82, 2.24) is 0 Å². The maximum absolute atomic E-state index is 12.6. The van der Waals surface area contributed by atoms with Crippen molar-refractivity contribution in [2.45, 2.75) is 13.1 Å². The van der Waals surface area contributed by atoms with Crippen LogP contribution in [0.4, 0.5) is 13.2 Å². The van der Waals surface area contributed by atoms with Crippen LogP contribution in [0.25, 0.3) is 0 Å². The number of hydrogen-bond donors (Lipinski definition) is 0. The van der Waals surface area contributed by atoms with Gasteiger partial charge < -0.3 is 4.74 Å². The van der Waals surface area contributed by atoms with Gasteiger partial charge in [0.2, 0.25) is 0 Å². The van der Waals surface area contributed by atoms with Gasteiger partial charge in [-0.2, -0.15) is 23.7 Å². The summed E-state index contributed by atoms with van der Waals surface area (Å²) in [5, 5.41) is 16.8. The normalized spacial score (nSPS) is 14.9. The molecule has 0 saturated carbocycles. The molecule has 0 rings (SSSR count). The molecule has 0 spiro atoms. The van der Waals surface area contributed by atoms with Gasteiger partial charge in [0.05, 0.1) is 19.2 Å². The van der Waals surface area contributed by atoms with Gasteiger partial charge in [-0.05, 0) is 6.92 Å². The fraction of sp³-hybridized carbons (Fsp3) is 0.625. The summed E-state index contributed by atoms with van der Waals surface area (Å²) >= 11 is 0. The van der Waals surface area contributed by atoms with Crippen LogP contribution in [-0.4, -0.2) is 19.3 Å². The van der Waals surface area contributed by atoms with Gasteiger partial charge >= 0.3 is 12.1 Å². The Morgan fingerprint density at radius 1 is 1.33 bits per heavy atom. The first-order chi connectivity index (χ1) is 6.75. The average Bonchev–Trinajstić information content (AvgIpc) is 2.16. The number of halogens is 3. The molecular formula is C8H7F3N2O2. The highest BCUT2D eigenvalue weighted by Gasteiger charge is 2.63. The first-order valence-corrected chi connectivity index (χ1v) is 3.70. The second-order valence-corrected chi connectivity index (χ2v) is 2.88. The summed E-state index contributed by atoms with van der Waals surface area (Å²) in [5.41, 5.74) is -3.12. The number of carbonyl (C=O) groups is 1. The van der Waals surface area contributed by atoms with E-state index in [0.717, 1.165) is 19.2 Å². The number of hydrogen-bond acceptors (Lipinski definition) is 4. The molecule has 0 aromatic carbocycles. The summed E-state index contributed by atoms with van der Waals surface area (Å²) in [6, 6.07) is 2.26. The van der Waals surface area contributed by atoms with Gasteiger partial charge in [-0.25, -0.2) is 0 Å². The zero-order chi connectivity index (χ0) is 12.3. The zero-order valence-corrected chi connectivity index (χ0v) is 7.92. The average molecular weight is 220 g/mol. The lowest BCUT2D eigenvalue weighted by molar-refractivity contribution is -0.233. The van der Waals surface area contributed by atoms with E-state index in [1.807, 2.05) is 0 Å². The van der Waals surface area contributed by atoms with Crippen molar-refractivity contribution >= 4 is 5.97 Å². The summed E-state index contributed by atoms with van der Waals surface area (Å²) in [6.45, 7) is 0.468. The van der Waals surface area contributed by atoms with E-state index < -0.39 is 23.5 Å². The number of nitrogens with zero attached hydrogens (tertiary/aromatic N) is 2. The second kappa shape index (κ2) is 4.18. The molecule has 0 fully saturated rings. The minimum atomic E-state index is -5.02. The number of nitriles is 2. The van der Waals surface area contributed by atoms with Crippen LogP contribution in [0.15, 0.2) is 0 Å². The lowest BCUT2D eigenvalue weighted by Gasteiger charge is -2.29. The molecule has 7 heteroatoms. The summed E-state index contributed by atoms with van der Waals surface area (Å²) in [6.07, 6.45) is -5.02. The summed E-state index contributed by atoms with van der Waals surface area (Å²) < 4.78 is 41.7. The maximum Gasteiger partial charge on any atom is 0.406 e. The lowest BCUT2D eigenvalue weighted by Crippen LogP contribution is -2.48. The van der Waals surface area contributed by atoms with Crippen LogP contribution in [0, 0.1) is 34.0 Å². The van der Waals surface area contributed by atoms with Gasteiger partial charge in [-0.15, -0.1) is 0 Å². The van der Waals surface area contributed by atoms with E-state index in [-0.39, 0.29) is 0 Å². The van der Waals surface area contributed by atoms with E-state index in [4.69, 9.17) is 10.5 Å². The minimum Gasteiger partial charge on any atom is -0.468 e. The van der Waals surface area contributed by atoms with Crippen molar-refractivity contribution in [3.05, 3.63) is 0 Å². The van der Waals surface area contributed by atoms with Crippen molar-refractivity contribution in [2.75, 3.05) is 7.11 Å². The molecule has 0 aliphatic carbocycles. The molecule has 15 heavy (non-hydrogen) atoms. The Morgan fingerprint density at radius 3 is 1.93 bits per heavy atom. The van der Waals surface area contributed by atoms with E-state index in [9.17, 15) is 18.0 Å². The van der Waals surface area contributed by atoms with Gasteiger partial charge in [-0.1, -0.05) is 0 Å². The molecule has 0 bridgehead atoms. The van der Waals surface area contributed by atoms with Crippen molar-refractivity contribution in [1.29, 1.82) is 10.5 Å².